The van der Waals surface area contributed by atoms with Gasteiger partial charge in [-0.3, -0.25) is 0 Å². The first-order valence-corrected chi connectivity index (χ1v) is 6.07. The molecule has 1 aromatic heterocycles. The highest BCUT2D eigenvalue weighted by atomic mass is 16.4. The summed E-state index contributed by atoms with van der Waals surface area (Å²) in [5.41, 5.74) is 0. The lowest BCUT2D eigenvalue weighted by atomic mass is 10.0. The van der Waals surface area contributed by atoms with Gasteiger partial charge in [0.25, 0.3) is 0 Å². The number of nitrogens with one attached hydrogen (secondary N) is 1. The predicted octanol–water partition coefficient (Wildman–Crippen LogP) is 2.69. The first-order chi connectivity index (χ1) is 7.65. The van der Waals surface area contributed by atoms with Crippen molar-refractivity contribution in [3.05, 3.63) is 23.7 Å². The van der Waals surface area contributed by atoms with Crippen LogP contribution in [0.25, 0.3) is 0 Å². The number of aliphatic hydroxyl groups is 1. The first-order valence-electron chi connectivity index (χ1n) is 6.07. The molecule has 2 N–H and O–H groups in total. The molecule has 1 heterocycles. The Morgan fingerprint density at radius 3 is 2.56 bits per heavy atom. The van der Waals surface area contributed by atoms with Gasteiger partial charge in [0.15, 0.2) is 0 Å². The van der Waals surface area contributed by atoms with E-state index in [1.807, 2.05) is 12.1 Å². The molecule has 1 aromatic rings. The van der Waals surface area contributed by atoms with Crippen LogP contribution in [0, 0.1) is 5.92 Å². The summed E-state index contributed by atoms with van der Waals surface area (Å²) in [6, 6.07) is 4.22. The van der Waals surface area contributed by atoms with Gasteiger partial charge in [-0.1, -0.05) is 20.3 Å². The lowest BCUT2D eigenvalue weighted by molar-refractivity contribution is 0.242. The van der Waals surface area contributed by atoms with E-state index in [1.165, 1.54) is 12.8 Å². The summed E-state index contributed by atoms with van der Waals surface area (Å²) in [6.45, 7) is 7.40. The number of aliphatic hydroxyl groups excluding tert-OH is 1. The van der Waals surface area contributed by atoms with Gasteiger partial charge in [-0.15, -0.1) is 0 Å². The molecular formula is C13H23NO2. The summed E-state index contributed by atoms with van der Waals surface area (Å²) in [5, 5.41) is 12.3. The second-order valence-corrected chi connectivity index (χ2v) is 4.56. The maximum absolute atomic E-state index is 8.87. The van der Waals surface area contributed by atoms with Crippen LogP contribution in [0.1, 0.15) is 45.1 Å². The van der Waals surface area contributed by atoms with Crippen molar-refractivity contribution in [3.8, 4) is 0 Å². The average molecular weight is 225 g/mol. The van der Waals surface area contributed by atoms with Crippen molar-refractivity contribution in [2.24, 2.45) is 5.92 Å². The van der Waals surface area contributed by atoms with Gasteiger partial charge >= 0.3 is 0 Å². The summed E-state index contributed by atoms with van der Waals surface area (Å²) in [6.07, 6.45) is 2.41. The van der Waals surface area contributed by atoms with Crippen molar-refractivity contribution in [2.75, 3.05) is 0 Å². The van der Waals surface area contributed by atoms with E-state index in [-0.39, 0.29) is 6.61 Å². The van der Waals surface area contributed by atoms with Crippen LogP contribution in [0.2, 0.25) is 0 Å². The summed E-state index contributed by atoms with van der Waals surface area (Å²) in [7, 11) is 0. The molecule has 0 saturated carbocycles. The van der Waals surface area contributed by atoms with Crippen LogP contribution < -0.4 is 5.32 Å². The lowest BCUT2D eigenvalue weighted by Crippen LogP contribution is -2.27. The standard InChI is InChI=1S/C13H23NO2/c1-4-10(2)7-11(3)14-8-12-5-6-13(9-15)16-12/h5-6,10-11,14-15H,4,7-9H2,1-3H3. The van der Waals surface area contributed by atoms with Crippen molar-refractivity contribution < 1.29 is 9.52 Å². The third kappa shape index (κ3) is 4.37. The first kappa shape index (κ1) is 13.3. The lowest BCUT2D eigenvalue weighted by Gasteiger charge is -2.16. The smallest absolute Gasteiger partial charge is 0.129 e. The fourth-order valence-electron chi connectivity index (χ4n) is 1.73. The van der Waals surface area contributed by atoms with Gasteiger partial charge in [0.2, 0.25) is 0 Å². The minimum atomic E-state index is -0.0254. The van der Waals surface area contributed by atoms with Crippen LogP contribution >= 0.6 is 0 Å². The Hall–Kier alpha value is -0.800. The summed E-state index contributed by atoms with van der Waals surface area (Å²) >= 11 is 0. The maximum Gasteiger partial charge on any atom is 0.129 e. The van der Waals surface area contributed by atoms with Gasteiger partial charge < -0.3 is 14.8 Å². The minimum Gasteiger partial charge on any atom is -0.462 e. The Morgan fingerprint density at radius 2 is 2.00 bits per heavy atom. The molecule has 0 aliphatic heterocycles. The molecule has 0 spiro atoms. The third-order valence-corrected chi connectivity index (χ3v) is 2.95. The van der Waals surface area contributed by atoms with E-state index in [2.05, 4.69) is 26.1 Å². The van der Waals surface area contributed by atoms with Gasteiger partial charge in [0.05, 0.1) is 6.54 Å². The van der Waals surface area contributed by atoms with Crippen LogP contribution in [0.3, 0.4) is 0 Å². The molecule has 0 aliphatic carbocycles. The topological polar surface area (TPSA) is 45.4 Å². The van der Waals surface area contributed by atoms with Crippen LogP contribution in [0.15, 0.2) is 16.5 Å². The Kier molecular flexibility index (Phi) is 5.56. The van der Waals surface area contributed by atoms with E-state index in [0.717, 1.165) is 18.2 Å². The van der Waals surface area contributed by atoms with E-state index >= 15 is 0 Å². The molecule has 0 bridgehead atoms. The van der Waals surface area contributed by atoms with Gasteiger partial charge in [-0.2, -0.15) is 0 Å². The zero-order chi connectivity index (χ0) is 12.0. The quantitative estimate of drug-likeness (QED) is 0.750. The van der Waals surface area contributed by atoms with Crippen LogP contribution in [-0.2, 0) is 13.2 Å². The second kappa shape index (κ2) is 6.71. The molecule has 16 heavy (non-hydrogen) atoms. The molecule has 3 heteroatoms. The molecular weight excluding hydrogens is 202 g/mol. The van der Waals surface area contributed by atoms with Crippen molar-refractivity contribution >= 4 is 0 Å². The molecule has 92 valence electrons. The molecule has 0 saturated heterocycles. The molecule has 2 atom stereocenters. The maximum atomic E-state index is 8.87. The predicted molar refractivity (Wildman–Crippen MR) is 65.0 cm³/mol. The minimum absolute atomic E-state index is 0.0254. The molecule has 0 amide bonds. The van der Waals surface area contributed by atoms with Crippen LogP contribution in [0.5, 0.6) is 0 Å². The summed E-state index contributed by atoms with van der Waals surface area (Å²) < 4.78 is 5.40. The van der Waals surface area contributed by atoms with Crippen molar-refractivity contribution in [2.45, 2.75) is 52.8 Å². The van der Waals surface area contributed by atoms with Crippen molar-refractivity contribution in [1.82, 2.24) is 5.32 Å². The van der Waals surface area contributed by atoms with E-state index < -0.39 is 0 Å². The van der Waals surface area contributed by atoms with Gasteiger partial charge in [-0.05, 0) is 31.4 Å². The molecule has 0 aromatic carbocycles. The van der Waals surface area contributed by atoms with Gasteiger partial charge in [0, 0.05) is 6.04 Å². The normalized spacial score (nSPS) is 15.0. The molecule has 1 rings (SSSR count). The zero-order valence-electron chi connectivity index (χ0n) is 10.5. The zero-order valence-corrected chi connectivity index (χ0v) is 10.5. The van der Waals surface area contributed by atoms with E-state index in [9.17, 15) is 0 Å². The fourth-order valence-corrected chi connectivity index (χ4v) is 1.73. The van der Waals surface area contributed by atoms with Crippen molar-refractivity contribution in [1.29, 1.82) is 0 Å². The number of hydrogen-bond acceptors (Lipinski definition) is 3. The Labute approximate surface area is 97.9 Å². The monoisotopic (exact) mass is 225 g/mol. The van der Waals surface area contributed by atoms with Crippen molar-refractivity contribution in [3.63, 3.8) is 0 Å². The van der Waals surface area contributed by atoms with E-state index in [0.29, 0.717) is 11.8 Å². The Balaban J connectivity index is 2.28. The van der Waals surface area contributed by atoms with Gasteiger partial charge in [0.1, 0.15) is 18.1 Å². The highest BCUT2D eigenvalue weighted by Crippen LogP contribution is 2.11. The Bertz CT molecular complexity index is 296. The molecule has 0 fully saturated rings. The van der Waals surface area contributed by atoms with E-state index in [1.54, 1.807) is 0 Å². The number of furan rings is 1. The highest BCUT2D eigenvalue weighted by molar-refractivity contribution is 5.06. The highest BCUT2D eigenvalue weighted by Gasteiger charge is 2.07. The number of rotatable bonds is 7. The van der Waals surface area contributed by atoms with E-state index in [4.69, 9.17) is 9.52 Å². The second-order valence-electron chi connectivity index (χ2n) is 4.56. The Morgan fingerprint density at radius 1 is 1.31 bits per heavy atom. The molecule has 3 nitrogen and oxygen atoms in total. The van der Waals surface area contributed by atoms with Crippen LogP contribution in [0.4, 0.5) is 0 Å². The fraction of sp³-hybridized carbons (Fsp3) is 0.692. The summed E-state index contributed by atoms with van der Waals surface area (Å²) in [4.78, 5) is 0. The molecule has 0 aliphatic rings. The SMILES string of the molecule is CCC(C)CC(C)NCc1ccc(CO)o1. The van der Waals surface area contributed by atoms with Gasteiger partial charge in [-0.25, -0.2) is 0 Å². The average Bonchev–Trinajstić information content (AvgIpc) is 2.74. The third-order valence-electron chi connectivity index (χ3n) is 2.95. The van der Waals surface area contributed by atoms with Crippen LogP contribution in [-0.4, -0.2) is 11.1 Å². The largest absolute Gasteiger partial charge is 0.462 e. The molecule has 2 unspecified atom stereocenters. The molecule has 0 radical (unpaired) electrons. The summed E-state index contributed by atoms with van der Waals surface area (Å²) in [5.74, 6) is 2.28. The number of hydrogen-bond donors (Lipinski definition) is 2.